The van der Waals surface area contributed by atoms with Crippen molar-refractivity contribution in [2.45, 2.75) is 71.6 Å². The summed E-state index contributed by atoms with van der Waals surface area (Å²) in [7, 11) is 0. The van der Waals surface area contributed by atoms with Gasteiger partial charge in [0.25, 0.3) is 0 Å². The van der Waals surface area contributed by atoms with Gasteiger partial charge in [-0.15, -0.1) is 0 Å². The number of nitrogens with zero attached hydrogens (tertiary/aromatic N) is 1. The van der Waals surface area contributed by atoms with Crippen LogP contribution < -0.4 is 0 Å². The van der Waals surface area contributed by atoms with Crippen molar-refractivity contribution in [3.05, 3.63) is 70.3 Å². The minimum Gasteiger partial charge on any atom is -0.445 e. The number of hydrogen-bond donors (Lipinski definition) is 0. The summed E-state index contributed by atoms with van der Waals surface area (Å²) in [5.74, 6) is 0.226. The molecule has 30 heavy (non-hydrogen) atoms. The molecule has 2 atom stereocenters. The third-order valence-corrected chi connectivity index (χ3v) is 6.87. The van der Waals surface area contributed by atoms with Gasteiger partial charge in [0.2, 0.25) is 0 Å². The van der Waals surface area contributed by atoms with E-state index in [4.69, 9.17) is 4.74 Å². The predicted octanol–water partition coefficient (Wildman–Crippen LogP) is 5.76. The third-order valence-electron chi connectivity index (χ3n) is 6.87. The first-order valence-electron chi connectivity index (χ1n) is 11.0. The number of ether oxygens (including phenoxy) is 1. The second-order valence-corrected chi connectivity index (χ2v) is 8.97. The molecule has 0 spiro atoms. The number of amides is 1. The zero-order valence-corrected chi connectivity index (χ0v) is 18.2. The van der Waals surface area contributed by atoms with Gasteiger partial charge in [-0.25, -0.2) is 4.79 Å². The van der Waals surface area contributed by atoms with Gasteiger partial charge >= 0.3 is 6.09 Å². The molecule has 2 unspecified atom stereocenters. The van der Waals surface area contributed by atoms with Crippen LogP contribution in [-0.2, 0) is 11.3 Å². The van der Waals surface area contributed by atoms with Crippen LogP contribution in [-0.4, -0.2) is 28.9 Å². The number of fused-ring (bicyclic) bond motifs is 2. The van der Waals surface area contributed by atoms with Gasteiger partial charge in [-0.1, -0.05) is 36.4 Å². The Kier molecular flexibility index (Phi) is 5.94. The lowest BCUT2D eigenvalue weighted by molar-refractivity contribution is 0.00471. The zero-order chi connectivity index (χ0) is 21.3. The average molecular weight is 406 g/mol. The maximum absolute atomic E-state index is 13.4. The Morgan fingerprint density at radius 3 is 2.23 bits per heavy atom. The highest BCUT2D eigenvalue weighted by Gasteiger charge is 2.43. The van der Waals surface area contributed by atoms with Crippen LogP contribution >= 0.6 is 0 Å². The van der Waals surface area contributed by atoms with Crippen LogP contribution in [0.1, 0.15) is 64.7 Å². The summed E-state index contributed by atoms with van der Waals surface area (Å²) in [4.78, 5) is 28.2. The summed E-state index contributed by atoms with van der Waals surface area (Å²) in [5.41, 5.74) is 5.27. The quantitative estimate of drug-likeness (QED) is 0.607. The molecule has 0 aromatic heterocycles. The predicted molar refractivity (Wildman–Crippen MR) is 118 cm³/mol. The number of rotatable bonds is 4. The summed E-state index contributed by atoms with van der Waals surface area (Å²) in [5, 5.41) is 0. The topological polar surface area (TPSA) is 46.6 Å². The Morgan fingerprint density at radius 1 is 0.933 bits per heavy atom. The molecule has 0 aliphatic carbocycles. The van der Waals surface area contributed by atoms with Crippen LogP contribution in [0.25, 0.3) is 0 Å². The summed E-state index contributed by atoms with van der Waals surface area (Å²) in [6.45, 7) is 6.46. The lowest BCUT2D eigenvalue weighted by atomic mass is 9.75. The van der Waals surface area contributed by atoms with E-state index in [0.29, 0.717) is 6.61 Å². The van der Waals surface area contributed by atoms with Crippen molar-refractivity contribution in [2.24, 2.45) is 5.92 Å². The first-order valence-corrected chi connectivity index (χ1v) is 11.0. The number of carbonyl (C=O) groups excluding carboxylic acids is 2. The highest BCUT2D eigenvalue weighted by molar-refractivity contribution is 5.99. The van der Waals surface area contributed by atoms with Crippen molar-refractivity contribution in [3.63, 3.8) is 0 Å². The molecule has 1 amide bonds. The smallest absolute Gasteiger partial charge is 0.410 e. The minimum absolute atomic E-state index is 0.0146. The van der Waals surface area contributed by atoms with Gasteiger partial charge < -0.3 is 9.64 Å². The van der Waals surface area contributed by atoms with Crippen LogP contribution in [0.15, 0.2) is 42.5 Å². The van der Waals surface area contributed by atoms with Gasteiger partial charge in [0.05, 0.1) is 0 Å². The van der Waals surface area contributed by atoms with Crippen LogP contribution in [0.2, 0.25) is 0 Å². The van der Waals surface area contributed by atoms with E-state index >= 15 is 0 Å². The molecular formula is C26H31NO3. The molecule has 2 aliphatic rings. The SMILES string of the molecule is Cc1cc(C)c(C(=O)C2CC3CCCC(C2)N3C(=O)OCc2ccccc2)cc1C. The second kappa shape index (κ2) is 8.63. The third kappa shape index (κ3) is 4.14. The fourth-order valence-corrected chi connectivity index (χ4v) is 5.13. The van der Waals surface area contributed by atoms with E-state index in [0.717, 1.165) is 54.4 Å². The Labute approximate surface area is 179 Å². The molecule has 0 radical (unpaired) electrons. The molecule has 2 aromatic carbocycles. The highest BCUT2D eigenvalue weighted by Crippen LogP contribution is 2.39. The number of hydrogen-bond acceptors (Lipinski definition) is 3. The monoisotopic (exact) mass is 405 g/mol. The molecule has 2 fully saturated rings. The summed E-state index contributed by atoms with van der Waals surface area (Å²) in [6.07, 6.45) is 4.26. The molecule has 2 bridgehead atoms. The number of carbonyl (C=O) groups is 2. The summed E-state index contributed by atoms with van der Waals surface area (Å²) < 4.78 is 5.63. The minimum atomic E-state index is -0.234. The van der Waals surface area contributed by atoms with E-state index in [9.17, 15) is 9.59 Å². The van der Waals surface area contributed by atoms with E-state index < -0.39 is 0 Å². The average Bonchev–Trinajstić information content (AvgIpc) is 2.74. The molecule has 2 aromatic rings. The van der Waals surface area contributed by atoms with Gasteiger partial charge in [0, 0.05) is 23.6 Å². The van der Waals surface area contributed by atoms with Crippen molar-refractivity contribution in [3.8, 4) is 0 Å². The van der Waals surface area contributed by atoms with Crippen LogP contribution in [0, 0.1) is 26.7 Å². The van der Waals surface area contributed by atoms with E-state index in [1.54, 1.807) is 0 Å². The number of ketones is 1. The Morgan fingerprint density at radius 2 is 1.57 bits per heavy atom. The molecular weight excluding hydrogens is 374 g/mol. The molecule has 0 N–H and O–H groups in total. The summed E-state index contributed by atoms with van der Waals surface area (Å²) in [6, 6.07) is 14.1. The lowest BCUT2D eigenvalue weighted by Gasteiger charge is -2.47. The van der Waals surface area contributed by atoms with Crippen molar-refractivity contribution in [1.82, 2.24) is 4.90 Å². The van der Waals surface area contributed by atoms with Crippen molar-refractivity contribution in [2.75, 3.05) is 0 Å². The van der Waals surface area contributed by atoms with Gasteiger partial charge in [0.15, 0.2) is 5.78 Å². The van der Waals surface area contributed by atoms with E-state index in [2.05, 4.69) is 19.9 Å². The van der Waals surface area contributed by atoms with Crippen molar-refractivity contribution < 1.29 is 14.3 Å². The molecule has 4 nitrogen and oxygen atoms in total. The van der Waals surface area contributed by atoms with E-state index in [1.165, 1.54) is 5.56 Å². The lowest BCUT2D eigenvalue weighted by Crippen LogP contribution is -2.55. The van der Waals surface area contributed by atoms with Gasteiger partial charge in [-0.2, -0.15) is 0 Å². The van der Waals surface area contributed by atoms with E-state index in [-0.39, 0.29) is 29.9 Å². The van der Waals surface area contributed by atoms with Crippen LogP contribution in [0.5, 0.6) is 0 Å². The van der Waals surface area contributed by atoms with Gasteiger partial charge in [0.1, 0.15) is 6.61 Å². The molecule has 0 saturated carbocycles. The molecule has 158 valence electrons. The maximum atomic E-state index is 13.4. The van der Waals surface area contributed by atoms with Crippen LogP contribution in [0.3, 0.4) is 0 Å². The molecule has 2 heterocycles. The molecule has 4 rings (SSSR count). The van der Waals surface area contributed by atoms with Crippen molar-refractivity contribution >= 4 is 11.9 Å². The highest BCUT2D eigenvalue weighted by atomic mass is 16.6. The molecule has 4 heteroatoms. The fraction of sp³-hybridized carbons (Fsp3) is 0.462. The standard InChI is InChI=1S/C26H31NO3/c1-17-12-19(3)24(13-18(17)2)25(28)21-14-22-10-7-11-23(15-21)27(22)26(29)30-16-20-8-5-4-6-9-20/h4-6,8-9,12-13,21-23H,7,10-11,14-16H2,1-3H3. The Hall–Kier alpha value is -2.62. The number of Topliss-reactive ketones (excluding diaryl/α,β-unsaturated/α-hetero) is 1. The van der Waals surface area contributed by atoms with E-state index in [1.807, 2.05) is 48.2 Å². The van der Waals surface area contributed by atoms with Crippen molar-refractivity contribution in [1.29, 1.82) is 0 Å². The van der Waals surface area contributed by atoms with Crippen LogP contribution in [0.4, 0.5) is 4.79 Å². The van der Waals surface area contributed by atoms with Gasteiger partial charge in [-0.3, -0.25) is 4.79 Å². The zero-order valence-electron chi connectivity index (χ0n) is 18.2. The second-order valence-electron chi connectivity index (χ2n) is 8.97. The summed E-state index contributed by atoms with van der Waals surface area (Å²) >= 11 is 0. The first-order chi connectivity index (χ1) is 14.4. The number of aryl methyl sites for hydroxylation is 3. The number of piperidine rings is 2. The fourth-order valence-electron chi connectivity index (χ4n) is 5.13. The Balaban J connectivity index is 1.46. The Bertz CT molecular complexity index is 923. The molecule has 2 aliphatic heterocycles. The molecule has 2 saturated heterocycles. The maximum Gasteiger partial charge on any atom is 0.410 e. The largest absolute Gasteiger partial charge is 0.445 e. The first kappa shape index (κ1) is 20.6. The van der Waals surface area contributed by atoms with Gasteiger partial charge in [-0.05, 0) is 81.2 Å². The number of benzene rings is 2. The normalized spacial score (nSPS) is 23.2.